The number of allylic oxidation sites excluding steroid dienone is 1. The third-order valence-electron chi connectivity index (χ3n) is 9.87. The summed E-state index contributed by atoms with van der Waals surface area (Å²) >= 11 is 12.9. The van der Waals surface area contributed by atoms with Crippen molar-refractivity contribution >= 4 is 39.1 Å². The second kappa shape index (κ2) is 15.8. The average molecular weight is 714 g/mol. The van der Waals surface area contributed by atoms with Crippen molar-refractivity contribution in [2.75, 3.05) is 27.3 Å². The molecule has 48 heavy (non-hydrogen) atoms. The Morgan fingerprint density at radius 1 is 1.04 bits per heavy atom. The first-order valence-electron chi connectivity index (χ1n) is 16.6. The fourth-order valence-corrected chi connectivity index (χ4v) is 9.01. The molecule has 5 rings (SSSR count). The monoisotopic (exact) mass is 712 g/mol. The molecule has 1 aliphatic carbocycles. The predicted octanol–water partition coefficient (Wildman–Crippen LogP) is 8.43. The zero-order valence-corrected chi connectivity index (χ0v) is 30.3. The number of halogens is 2. The Kier molecular flexibility index (Phi) is 12.0. The summed E-state index contributed by atoms with van der Waals surface area (Å²) in [6.45, 7) is 7.06. The molecule has 2 fully saturated rings. The molecule has 4 atom stereocenters. The van der Waals surface area contributed by atoms with Crippen LogP contribution in [0.25, 0.3) is 0 Å². The number of ether oxygens (including phenoxy) is 2. The fourth-order valence-electron chi connectivity index (χ4n) is 7.07. The van der Waals surface area contributed by atoms with Crippen LogP contribution >= 0.6 is 23.2 Å². The van der Waals surface area contributed by atoms with Gasteiger partial charge in [-0.1, -0.05) is 72.6 Å². The third-order valence-corrected chi connectivity index (χ3v) is 12.7. The molecule has 3 aromatic carbocycles. The average Bonchev–Trinajstić information content (AvgIpc) is 3.94. The Morgan fingerprint density at radius 2 is 1.75 bits per heavy atom. The molecule has 3 aromatic rings. The van der Waals surface area contributed by atoms with Crippen molar-refractivity contribution < 1.29 is 22.7 Å². The highest BCUT2D eigenvalue weighted by atomic mass is 35.5. The Labute approximate surface area is 295 Å². The minimum absolute atomic E-state index is 0.0160. The highest BCUT2D eigenvalue weighted by Crippen LogP contribution is 2.54. The highest BCUT2D eigenvalue weighted by molar-refractivity contribution is 7.90. The van der Waals surface area contributed by atoms with Gasteiger partial charge < -0.3 is 14.4 Å². The molecule has 0 spiro atoms. The Morgan fingerprint density at radius 3 is 2.35 bits per heavy atom. The molecule has 1 saturated carbocycles. The van der Waals surface area contributed by atoms with E-state index < -0.39 is 15.4 Å². The third kappa shape index (κ3) is 8.11. The maximum absolute atomic E-state index is 15.2. The van der Waals surface area contributed by atoms with Crippen molar-refractivity contribution in [1.29, 1.82) is 0 Å². The zero-order chi connectivity index (χ0) is 34.5. The van der Waals surface area contributed by atoms with Gasteiger partial charge in [-0.05, 0) is 91.6 Å². The normalized spacial score (nSPS) is 22.1. The lowest BCUT2D eigenvalue weighted by molar-refractivity contribution is -0.158. The molecule has 7 nitrogen and oxygen atoms in total. The molecule has 258 valence electrons. The number of carbonyl (C=O) groups excluding carboxylic acids is 1. The maximum Gasteiger partial charge on any atom is 0.230 e. The summed E-state index contributed by atoms with van der Waals surface area (Å²) in [7, 11) is -0.182. The minimum atomic E-state index is -3.46. The summed E-state index contributed by atoms with van der Waals surface area (Å²) in [4.78, 5) is 17.2. The number of rotatable bonds is 16. The number of nitrogens with zero attached hydrogens (tertiary/aromatic N) is 2. The number of hydrogen-bond acceptors (Lipinski definition) is 5. The van der Waals surface area contributed by atoms with Crippen molar-refractivity contribution in [2.45, 2.75) is 75.3 Å². The fraction of sp³-hybridized carbons (Fsp3) is 0.447. The molecule has 10 heteroatoms. The van der Waals surface area contributed by atoms with Gasteiger partial charge in [0.05, 0.1) is 30.4 Å². The number of amides is 1. The van der Waals surface area contributed by atoms with E-state index in [2.05, 4.69) is 12.6 Å². The van der Waals surface area contributed by atoms with Crippen LogP contribution in [0.2, 0.25) is 10.0 Å². The molecule has 1 heterocycles. The molecule has 0 unspecified atom stereocenters. The van der Waals surface area contributed by atoms with Crippen LogP contribution in [0, 0.1) is 5.41 Å². The second-order valence-corrected chi connectivity index (χ2v) is 16.3. The molecule has 0 radical (unpaired) electrons. The smallest absolute Gasteiger partial charge is 0.230 e. The molecule has 1 aliphatic heterocycles. The lowest BCUT2D eigenvalue weighted by Gasteiger charge is -2.53. The van der Waals surface area contributed by atoms with Crippen LogP contribution in [0.1, 0.15) is 74.1 Å². The number of benzene rings is 3. The number of likely N-dealkylation sites (tertiary alicyclic amines) is 1. The largest absolute Gasteiger partial charge is 0.497 e. The van der Waals surface area contributed by atoms with Crippen LogP contribution < -0.4 is 4.74 Å². The van der Waals surface area contributed by atoms with Crippen LogP contribution in [0.5, 0.6) is 5.75 Å². The van der Waals surface area contributed by atoms with E-state index in [4.69, 9.17) is 32.7 Å². The van der Waals surface area contributed by atoms with Gasteiger partial charge in [0.15, 0.2) is 0 Å². The first kappa shape index (κ1) is 36.4. The standard InChI is InChI=1S/C38H46Cl2N2O5S/c1-5-20-38(21-22-47-26-27-10-16-33(46-4)17-11-27)24-35(29-8-7-9-31(40)23-29)36(28-12-14-30(39)15-13-28)42(37(38)43)32(6-2)25-41(3)48(44,45)34-18-19-34/h5,7-17,23,32,34-36H,1,6,18-22,24-26H2,2-4H3/t32-,35+,36+,38-/m0/s1. The van der Waals surface area contributed by atoms with Crippen LogP contribution in [0.15, 0.2) is 85.5 Å². The Bertz CT molecular complexity index is 1660. The summed E-state index contributed by atoms with van der Waals surface area (Å²) in [6.07, 6.45) is 5.21. The van der Waals surface area contributed by atoms with Gasteiger partial charge in [0.25, 0.3) is 0 Å². The number of hydrogen-bond donors (Lipinski definition) is 0. The van der Waals surface area contributed by atoms with Crippen molar-refractivity contribution in [3.63, 3.8) is 0 Å². The van der Waals surface area contributed by atoms with Crippen molar-refractivity contribution in [3.8, 4) is 5.75 Å². The zero-order valence-electron chi connectivity index (χ0n) is 28.0. The quantitative estimate of drug-likeness (QED) is 0.110. The van der Waals surface area contributed by atoms with Gasteiger partial charge in [0.1, 0.15) is 5.75 Å². The Hall–Kier alpha value is -2.88. The van der Waals surface area contributed by atoms with E-state index in [1.54, 1.807) is 14.2 Å². The van der Waals surface area contributed by atoms with Gasteiger partial charge >= 0.3 is 0 Å². The van der Waals surface area contributed by atoms with Gasteiger partial charge in [-0.2, -0.15) is 0 Å². The molecule has 0 aromatic heterocycles. The maximum atomic E-state index is 15.2. The first-order valence-corrected chi connectivity index (χ1v) is 18.9. The summed E-state index contributed by atoms with van der Waals surface area (Å²) in [5, 5.41) is 0.875. The molecule has 0 bridgehead atoms. The van der Waals surface area contributed by atoms with Gasteiger partial charge in [-0.15, -0.1) is 6.58 Å². The van der Waals surface area contributed by atoms with E-state index in [0.717, 1.165) is 22.4 Å². The summed E-state index contributed by atoms with van der Waals surface area (Å²) in [6, 6.07) is 22.4. The SMILES string of the molecule is C=CC[C@]1(CCOCc2ccc(OC)cc2)C[C@H](c2cccc(Cl)c2)[C@@H](c2ccc(Cl)cc2)N([C@@H](CC)CN(C)S(=O)(=O)C2CC2)C1=O. The van der Waals surface area contributed by atoms with Crippen LogP contribution in [0.3, 0.4) is 0 Å². The molecule has 1 saturated heterocycles. The van der Waals surface area contributed by atoms with E-state index in [1.807, 2.05) is 84.6 Å². The lowest BCUT2D eigenvalue weighted by Crippen LogP contribution is -2.58. The number of likely N-dealkylation sites (N-methyl/N-ethyl adjacent to an activating group) is 1. The summed E-state index contributed by atoms with van der Waals surface area (Å²) < 4.78 is 39.6. The Balaban J connectivity index is 1.55. The van der Waals surface area contributed by atoms with Gasteiger partial charge in [0, 0.05) is 42.2 Å². The van der Waals surface area contributed by atoms with E-state index in [0.29, 0.717) is 61.8 Å². The van der Waals surface area contributed by atoms with Gasteiger partial charge in [-0.3, -0.25) is 4.79 Å². The number of sulfonamides is 1. The van der Waals surface area contributed by atoms with Crippen LogP contribution in [-0.2, 0) is 26.2 Å². The molecule has 0 N–H and O–H groups in total. The van der Waals surface area contributed by atoms with Gasteiger partial charge in [0.2, 0.25) is 15.9 Å². The van der Waals surface area contributed by atoms with Gasteiger partial charge in [-0.25, -0.2) is 12.7 Å². The van der Waals surface area contributed by atoms with Crippen molar-refractivity contribution in [3.05, 3.63) is 112 Å². The van der Waals surface area contributed by atoms with Crippen molar-refractivity contribution in [1.82, 2.24) is 9.21 Å². The first-order chi connectivity index (χ1) is 23.0. The second-order valence-electron chi connectivity index (χ2n) is 13.1. The topological polar surface area (TPSA) is 76.2 Å². The van der Waals surface area contributed by atoms with E-state index in [-0.39, 0.29) is 35.7 Å². The summed E-state index contributed by atoms with van der Waals surface area (Å²) in [5.74, 6) is 0.612. The van der Waals surface area contributed by atoms with Crippen LogP contribution in [0.4, 0.5) is 0 Å². The molecule has 1 amide bonds. The van der Waals surface area contributed by atoms with E-state index in [1.165, 1.54) is 4.31 Å². The number of piperidine rings is 1. The minimum Gasteiger partial charge on any atom is -0.497 e. The van der Waals surface area contributed by atoms with E-state index in [9.17, 15) is 8.42 Å². The van der Waals surface area contributed by atoms with Crippen LogP contribution in [-0.4, -0.2) is 62.1 Å². The summed E-state index contributed by atoms with van der Waals surface area (Å²) in [5.41, 5.74) is 2.13. The van der Waals surface area contributed by atoms with E-state index >= 15 is 4.79 Å². The molecule has 2 aliphatic rings. The predicted molar refractivity (Wildman–Crippen MR) is 193 cm³/mol. The van der Waals surface area contributed by atoms with Crippen molar-refractivity contribution in [2.24, 2.45) is 5.41 Å². The highest BCUT2D eigenvalue weighted by Gasteiger charge is 2.53. The molecular weight excluding hydrogens is 667 g/mol. The number of methoxy groups -OCH3 is 1. The number of carbonyl (C=O) groups is 1. The lowest BCUT2D eigenvalue weighted by atomic mass is 9.64. The molecular formula is C38H46Cl2N2O5S.